The van der Waals surface area contributed by atoms with Gasteiger partial charge in [0.1, 0.15) is 5.82 Å². The number of alkyl halides is 1. The molecule has 0 spiro atoms. The van der Waals surface area contributed by atoms with Gasteiger partial charge >= 0.3 is 0 Å². The smallest absolute Gasteiger partial charge is 0.124 e. The van der Waals surface area contributed by atoms with Crippen LogP contribution in [0.2, 0.25) is 0 Å². The average Bonchev–Trinajstić information content (AvgIpc) is 2.67. The summed E-state index contributed by atoms with van der Waals surface area (Å²) in [5, 5.41) is 0. The monoisotopic (exact) mass is 332 g/mol. The Morgan fingerprint density at radius 3 is 3.00 bits per heavy atom. The number of halogens is 2. The van der Waals surface area contributed by atoms with E-state index in [-0.39, 0.29) is 0 Å². The predicted molar refractivity (Wildman–Crippen MR) is 80.0 cm³/mol. The van der Waals surface area contributed by atoms with E-state index in [1.165, 1.54) is 5.52 Å². The molecular weight excluding hydrogens is 320 g/mol. The maximum absolute atomic E-state index is 5.96. The van der Waals surface area contributed by atoms with Gasteiger partial charge in [-0.05, 0) is 36.6 Å². The number of aromatic nitrogens is 2. The average molecular weight is 334 g/mol. The molecule has 0 aliphatic heterocycles. The van der Waals surface area contributed by atoms with Gasteiger partial charge in [-0.1, -0.05) is 15.9 Å². The molecule has 2 rings (SSSR count). The van der Waals surface area contributed by atoms with Crippen molar-refractivity contribution in [2.75, 3.05) is 12.0 Å². The fourth-order valence-corrected chi connectivity index (χ4v) is 2.84. The molecule has 0 radical (unpaired) electrons. The topological polar surface area (TPSA) is 17.8 Å². The minimum Gasteiger partial charge on any atom is -0.327 e. The van der Waals surface area contributed by atoms with Crippen LogP contribution in [0.1, 0.15) is 12.2 Å². The van der Waals surface area contributed by atoms with Gasteiger partial charge in [-0.25, -0.2) is 4.98 Å². The first-order valence-corrected chi connectivity index (χ1v) is 8.18. The minimum absolute atomic E-state index is 0.464. The van der Waals surface area contributed by atoms with Crippen molar-refractivity contribution in [3.05, 3.63) is 28.5 Å². The van der Waals surface area contributed by atoms with Crippen LogP contribution in [0.3, 0.4) is 0 Å². The highest BCUT2D eigenvalue weighted by atomic mass is 79.9. The maximum atomic E-state index is 5.96. The molecule has 0 saturated heterocycles. The van der Waals surface area contributed by atoms with Gasteiger partial charge in [-0.15, -0.1) is 11.6 Å². The Labute approximate surface area is 119 Å². The van der Waals surface area contributed by atoms with E-state index in [2.05, 4.69) is 37.8 Å². The molecule has 0 fully saturated rings. The van der Waals surface area contributed by atoms with Crippen LogP contribution >= 0.6 is 39.3 Å². The largest absolute Gasteiger partial charge is 0.327 e. The normalized spacial score (nSPS) is 11.2. The highest BCUT2D eigenvalue weighted by Crippen LogP contribution is 2.22. The lowest BCUT2D eigenvalue weighted by atomic mass is 10.3. The van der Waals surface area contributed by atoms with Crippen molar-refractivity contribution in [2.24, 2.45) is 0 Å². The zero-order chi connectivity index (χ0) is 12.3. The number of hydrogen-bond donors (Lipinski definition) is 0. The molecule has 0 atom stereocenters. The van der Waals surface area contributed by atoms with Gasteiger partial charge in [0.2, 0.25) is 0 Å². The summed E-state index contributed by atoms with van der Waals surface area (Å²) < 4.78 is 3.28. The lowest BCUT2D eigenvalue weighted by Crippen LogP contribution is -2.03. The molecule has 0 saturated carbocycles. The van der Waals surface area contributed by atoms with Gasteiger partial charge in [0.15, 0.2) is 0 Å². The van der Waals surface area contributed by atoms with Crippen LogP contribution in [-0.2, 0) is 12.4 Å². The third kappa shape index (κ3) is 2.98. The molecule has 0 aliphatic rings. The first-order valence-electron chi connectivity index (χ1n) is 5.46. The summed E-state index contributed by atoms with van der Waals surface area (Å²) in [5.74, 6) is 2.59. The first-order chi connectivity index (χ1) is 8.26. The predicted octanol–water partition coefficient (Wildman–Crippen LogP) is 4.29. The van der Waals surface area contributed by atoms with Crippen LogP contribution in [0.4, 0.5) is 0 Å². The number of aryl methyl sites for hydroxylation is 1. The Morgan fingerprint density at radius 2 is 2.29 bits per heavy atom. The third-order valence-electron chi connectivity index (χ3n) is 2.64. The number of rotatable bonds is 5. The molecule has 0 unspecified atom stereocenters. The molecule has 1 aromatic carbocycles. The van der Waals surface area contributed by atoms with E-state index in [1.54, 1.807) is 0 Å². The highest BCUT2D eigenvalue weighted by Gasteiger charge is 2.09. The van der Waals surface area contributed by atoms with Crippen molar-refractivity contribution in [1.29, 1.82) is 0 Å². The maximum Gasteiger partial charge on any atom is 0.124 e. The van der Waals surface area contributed by atoms with E-state index in [4.69, 9.17) is 11.6 Å². The van der Waals surface area contributed by atoms with Crippen LogP contribution in [-0.4, -0.2) is 21.6 Å². The zero-order valence-electron chi connectivity index (χ0n) is 9.62. The molecule has 5 heteroatoms. The van der Waals surface area contributed by atoms with Crippen LogP contribution in [0.15, 0.2) is 22.7 Å². The second-order valence-corrected chi connectivity index (χ2v) is 5.96. The Morgan fingerprint density at radius 1 is 1.47 bits per heavy atom. The summed E-state index contributed by atoms with van der Waals surface area (Å²) in [6.07, 6.45) is 3.28. The molecule has 0 amide bonds. The standard InChI is InChI=1S/C12H14BrClN2S/c1-17-6-2-5-16-11-4-3-9(13)7-10(11)15-12(16)8-14/h3-4,7H,2,5-6,8H2,1H3. The van der Waals surface area contributed by atoms with E-state index in [1.807, 2.05) is 23.9 Å². The molecule has 2 aromatic rings. The van der Waals surface area contributed by atoms with Crippen molar-refractivity contribution in [1.82, 2.24) is 9.55 Å². The van der Waals surface area contributed by atoms with Crippen molar-refractivity contribution in [3.8, 4) is 0 Å². The molecule has 0 bridgehead atoms. The van der Waals surface area contributed by atoms with E-state index >= 15 is 0 Å². The van der Waals surface area contributed by atoms with E-state index < -0.39 is 0 Å². The Bertz CT molecular complexity index is 512. The van der Waals surface area contributed by atoms with Gasteiger partial charge in [0.25, 0.3) is 0 Å². The Hall–Kier alpha value is -0.190. The zero-order valence-corrected chi connectivity index (χ0v) is 12.8. The number of thioether (sulfide) groups is 1. The molecule has 0 N–H and O–H groups in total. The van der Waals surface area contributed by atoms with Gasteiger partial charge in [-0.2, -0.15) is 11.8 Å². The molecule has 2 nitrogen and oxygen atoms in total. The lowest BCUT2D eigenvalue weighted by Gasteiger charge is -2.06. The molecule has 0 aliphatic carbocycles. The summed E-state index contributed by atoms with van der Waals surface area (Å²) in [4.78, 5) is 4.56. The fraction of sp³-hybridized carbons (Fsp3) is 0.417. The lowest BCUT2D eigenvalue weighted by molar-refractivity contribution is 0.677. The fourth-order valence-electron chi connectivity index (χ4n) is 1.87. The molecular formula is C12H14BrClN2S. The summed E-state index contributed by atoms with van der Waals surface area (Å²) >= 11 is 11.3. The van der Waals surface area contributed by atoms with Gasteiger partial charge < -0.3 is 4.57 Å². The van der Waals surface area contributed by atoms with Gasteiger partial charge in [-0.3, -0.25) is 0 Å². The second-order valence-electron chi connectivity index (χ2n) is 3.79. The van der Waals surface area contributed by atoms with Crippen LogP contribution in [0.5, 0.6) is 0 Å². The number of fused-ring (bicyclic) bond motifs is 1. The number of benzene rings is 1. The first kappa shape index (κ1) is 13.2. The third-order valence-corrected chi connectivity index (χ3v) is 4.07. The second kappa shape index (κ2) is 6.12. The van der Waals surface area contributed by atoms with Crippen molar-refractivity contribution < 1.29 is 0 Å². The quantitative estimate of drug-likeness (QED) is 0.600. The van der Waals surface area contributed by atoms with Crippen LogP contribution in [0.25, 0.3) is 11.0 Å². The van der Waals surface area contributed by atoms with Crippen molar-refractivity contribution >= 4 is 50.3 Å². The molecule has 17 heavy (non-hydrogen) atoms. The summed E-state index contributed by atoms with van der Waals surface area (Å²) in [6.45, 7) is 0.987. The molecule has 1 aromatic heterocycles. The number of nitrogens with zero attached hydrogens (tertiary/aromatic N) is 2. The molecule has 1 heterocycles. The van der Waals surface area contributed by atoms with E-state index in [9.17, 15) is 0 Å². The highest BCUT2D eigenvalue weighted by molar-refractivity contribution is 9.10. The summed E-state index contributed by atoms with van der Waals surface area (Å²) in [7, 11) is 0. The van der Waals surface area contributed by atoms with E-state index in [0.717, 1.165) is 34.5 Å². The van der Waals surface area contributed by atoms with Gasteiger partial charge in [0.05, 0.1) is 16.9 Å². The minimum atomic E-state index is 0.464. The summed E-state index contributed by atoms with van der Waals surface area (Å²) in [6, 6.07) is 6.19. The Balaban J connectivity index is 2.36. The van der Waals surface area contributed by atoms with Crippen LogP contribution in [0, 0.1) is 0 Å². The number of imidazole rings is 1. The molecule has 92 valence electrons. The SMILES string of the molecule is CSCCCn1c(CCl)nc2cc(Br)ccc21. The van der Waals surface area contributed by atoms with Crippen molar-refractivity contribution in [2.45, 2.75) is 18.8 Å². The van der Waals surface area contributed by atoms with Gasteiger partial charge in [0, 0.05) is 11.0 Å². The number of hydrogen-bond acceptors (Lipinski definition) is 2. The Kier molecular flexibility index (Phi) is 4.77. The summed E-state index contributed by atoms with van der Waals surface area (Å²) in [5.41, 5.74) is 2.18. The van der Waals surface area contributed by atoms with Crippen molar-refractivity contribution in [3.63, 3.8) is 0 Å². The van der Waals surface area contributed by atoms with Crippen LogP contribution < -0.4 is 0 Å². The van der Waals surface area contributed by atoms with E-state index in [0.29, 0.717) is 5.88 Å².